The van der Waals surface area contributed by atoms with E-state index < -0.39 is 0 Å². The Labute approximate surface area is 136 Å². The van der Waals surface area contributed by atoms with Crippen LogP contribution in [-0.4, -0.2) is 17.2 Å². The fourth-order valence-electron chi connectivity index (χ4n) is 3.06. The number of hydrogen-bond donors (Lipinski definition) is 1. The Hall–Kier alpha value is -1.48. The zero-order valence-electron chi connectivity index (χ0n) is 13.0. The van der Waals surface area contributed by atoms with Crippen LogP contribution in [0.4, 0.5) is 0 Å². The quantitative estimate of drug-likeness (QED) is 0.824. The summed E-state index contributed by atoms with van der Waals surface area (Å²) in [5.74, 6) is 0.171. The van der Waals surface area contributed by atoms with Gasteiger partial charge in [0.05, 0.1) is 5.25 Å². The Kier molecular flexibility index (Phi) is 5.04. The van der Waals surface area contributed by atoms with Crippen molar-refractivity contribution in [2.45, 2.75) is 55.2 Å². The summed E-state index contributed by atoms with van der Waals surface area (Å²) in [5, 5.41) is 5.63. The number of benzene rings is 2. The van der Waals surface area contributed by atoms with Gasteiger partial charge in [-0.05, 0) is 42.7 Å². The van der Waals surface area contributed by atoms with Gasteiger partial charge in [0.2, 0.25) is 5.91 Å². The second-order valence-electron chi connectivity index (χ2n) is 6.11. The number of carbonyl (C=O) groups is 1. The average Bonchev–Trinajstić information content (AvgIpc) is 2.55. The van der Waals surface area contributed by atoms with Crippen molar-refractivity contribution in [1.29, 1.82) is 0 Å². The van der Waals surface area contributed by atoms with Gasteiger partial charge >= 0.3 is 0 Å². The van der Waals surface area contributed by atoms with E-state index in [1.54, 1.807) is 11.8 Å². The predicted octanol–water partition coefficient (Wildman–Crippen LogP) is 4.77. The molecule has 0 saturated heterocycles. The van der Waals surface area contributed by atoms with Crippen molar-refractivity contribution in [1.82, 2.24) is 5.32 Å². The maximum absolute atomic E-state index is 12.3. The molecule has 0 bridgehead atoms. The monoisotopic (exact) mass is 313 g/mol. The maximum atomic E-state index is 12.3. The van der Waals surface area contributed by atoms with Crippen LogP contribution in [0.2, 0.25) is 0 Å². The number of thioether (sulfide) groups is 1. The lowest BCUT2D eigenvalue weighted by molar-refractivity contribution is -0.121. The van der Waals surface area contributed by atoms with Crippen LogP contribution in [0.5, 0.6) is 0 Å². The Morgan fingerprint density at radius 2 is 1.82 bits per heavy atom. The van der Waals surface area contributed by atoms with Gasteiger partial charge in [0.25, 0.3) is 0 Å². The smallest absolute Gasteiger partial charge is 0.233 e. The van der Waals surface area contributed by atoms with Crippen molar-refractivity contribution >= 4 is 28.4 Å². The van der Waals surface area contributed by atoms with Gasteiger partial charge in [0.15, 0.2) is 0 Å². The molecule has 22 heavy (non-hydrogen) atoms. The van der Waals surface area contributed by atoms with Crippen LogP contribution >= 0.6 is 11.8 Å². The second kappa shape index (κ2) is 7.19. The minimum Gasteiger partial charge on any atom is -0.352 e. The highest BCUT2D eigenvalue weighted by atomic mass is 32.2. The van der Waals surface area contributed by atoms with Gasteiger partial charge in [-0.3, -0.25) is 4.79 Å². The SMILES string of the molecule is C[C@H](Sc1ccc2ccccc2c1)C(=O)NC1CCCCC1. The molecule has 0 heterocycles. The van der Waals surface area contributed by atoms with E-state index in [9.17, 15) is 4.79 Å². The van der Waals surface area contributed by atoms with E-state index in [-0.39, 0.29) is 11.2 Å². The standard InChI is InChI=1S/C19H23NOS/c1-14(19(21)20-17-9-3-2-4-10-17)22-18-12-11-15-7-5-6-8-16(15)13-18/h5-8,11-14,17H,2-4,9-10H2,1H3,(H,20,21)/t14-/m0/s1. The van der Waals surface area contributed by atoms with Gasteiger partial charge in [0, 0.05) is 10.9 Å². The van der Waals surface area contributed by atoms with Crippen molar-refractivity contribution in [3.05, 3.63) is 42.5 Å². The van der Waals surface area contributed by atoms with Gasteiger partial charge in [-0.2, -0.15) is 0 Å². The fourth-order valence-corrected chi connectivity index (χ4v) is 3.99. The summed E-state index contributed by atoms with van der Waals surface area (Å²) < 4.78 is 0. The first-order valence-electron chi connectivity index (χ1n) is 8.18. The summed E-state index contributed by atoms with van der Waals surface area (Å²) in [6.07, 6.45) is 6.08. The third-order valence-electron chi connectivity index (χ3n) is 4.35. The van der Waals surface area contributed by atoms with Gasteiger partial charge in [0.1, 0.15) is 0 Å². The summed E-state index contributed by atoms with van der Waals surface area (Å²) in [4.78, 5) is 13.5. The van der Waals surface area contributed by atoms with Crippen LogP contribution in [0, 0.1) is 0 Å². The molecule has 0 aliphatic heterocycles. The van der Waals surface area contributed by atoms with Crippen molar-refractivity contribution in [3.8, 4) is 0 Å². The molecule has 2 nitrogen and oxygen atoms in total. The second-order valence-corrected chi connectivity index (χ2v) is 7.53. The van der Waals surface area contributed by atoms with E-state index in [4.69, 9.17) is 0 Å². The van der Waals surface area contributed by atoms with Crippen LogP contribution in [0.15, 0.2) is 47.4 Å². The van der Waals surface area contributed by atoms with Crippen molar-refractivity contribution < 1.29 is 4.79 Å². The molecule has 1 aliphatic carbocycles. The molecule has 116 valence electrons. The molecule has 3 heteroatoms. The Morgan fingerprint density at radius 1 is 1.09 bits per heavy atom. The van der Waals surface area contributed by atoms with Crippen LogP contribution in [0.3, 0.4) is 0 Å². The fraction of sp³-hybridized carbons (Fsp3) is 0.421. The number of fused-ring (bicyclic) bond motifs is 1. The van der Waals surface area contributed by atoms with Crippen LogP contribution in [0.1, 0.15) is 39.0 Å². The maximum Gasteiger partial charge on any atom is 0.233 e. The Morgan fingerprint density at radius 3 is 2.59 bits per heavy atom. The Balaban J connectivity index is 1.61. The number of hydrogen-bond acceptors (Lipinski definition) is 2. The highest BCUT2D eigenvalue weighted by molar-refractivity contribution is 8.00. The van der Waals surface area contributed by atoms with Crippen molar-refractivity contribution in [2.24, 2.45) is 0 Å². The number of amides is 1. The van der Waals surface area contributed by atoms with E-state index in [2.05, 4.69) is 47.8 Å². The largest absolute Gasteiger partial charge is 0.352 e. The zero-order valence-corrected chi connectivity index (χ0v) is 13.9. The topological polar surface area (TPSA) is 29.1 Å². The molecule has 3 rings (SSSR count). The molecular formula is C19H23NOS. The highest BCUT2D eigenvalue weighted by Crippen LogP contribution is 2.27. The molecule has 0 spiro atoms. The first-order valence-corrected chi connectivity index (χ1v) is 9.06. The summed E-state index contributed by atoms with van der Waals surface area (Å²) in [6, 6.07) is 15.1. The van der Waals surface area contributed by atoms with E-state index in [1.165, 1.54) is 30.0 Å². The molecule has 1 N–H and O–H groups in total. The van der Waals surface area contributed by atoms with Gasteiger partial charge in [-0.25, -0.2) is 0 Å². The van der Waals surface area contributed by atoms with Crippen molar-refractivity contribution in [3.63, 3.8) is 0 Å². The molecule has 0 radical (unpaired) electrons. The molecule has 1 atom stereocenters. The van der Waals surface area contributed by atoms with Gasteiger partial charge in [-0.15, -0.1) is 11.8 Å². The van der Waals surface area contributed by atoms with E-state index in [0.29, 0.717) is 6.04 Å². The average molecular weight is 313 g/mol. The van der Waals surface area contributed by atoms with E-state index in [1.807, 2.05) is 6.92 Å². The normalized spacial score (nSPS) is 17.3. The molecule has 1 saturated carbocycles. The van der Waals surface area contributed by atoms with Crippen molar-refractivity contribution in [2.75, 3.05) is 0 Å². The van der Waals surface area contributed by atoms with Crippen LogP contribution < -0.4 is 5.32 Å². The number of carbonyl (C=O) groups excluding carboxylic acids is 1. The Bertz CT molecular complexity index is 649. The predicted molar refractivity (Wildman–Crippen MR) is 94.3 cm³/mol. The molecule has 1 fully saturated rings. The first kappa shape index (κ1) is 15.4. The third-order valence-corrected chi connectivity index (χ3v) is 5.45. The molecule has 1 aliphatic rings. The lowest BCUT2D eigenvalue weighted by Gasteiger charge is -2.24. The van der Waals surface area contributed by atoms with Crippen LogP contribution in [-0.2, 0) is 4.79 Å². The van der Waals surface area contributed by atoms with Gasteiger partial charge in [-0.1, -0.05) is 49.6 Å². The lowest BCUT2D eigenvalue weighted by Crippen LogP contribution is -2.40. The number of rotatable bonds is 4. The van der Waals surface area contributed by atoms with Crippen LogP contribution in [0.25, 0.3) is 10.8 Å². The molecular weight excluding hydrogens is 290 g/mol. The molecule has 2 aromatic rings. The lowest BCUT2D eigenvalue weighted by atomic mass is 9.95. The van der Waals surface area contributed by atoms with E-state index >= 15 is 0 Å². The minimum atomic E-state index is -0.0527. The minimum absolute atomic E-state index is 0.0527. The summed E-state index contributed by atoms with van der Waals surface area (Å²) >= 11 is 1.64. The molecule has 0 unspecified atom stereocenters. The summed E-state index contributed by atoms with van der Waals surface area (Å²) in [6.45, 7) is 2.00. The summed E-state index contributed by atoms with van der Waals surface area (Å²) in [5.41, 5.74) is 0. The summed E-state index contributed by atoms with van der Waals surface area (Å²) in [7, 11) is 0. The zero-order chi connectivity index (χ0) is 15.4. The highest BCUT2D eigenvalue weighted by Gasteiger charge is 2.20. The number of nitrogens with one attached hydrogen (secondary N) is 1. The van der Waals surface area contributed by atoms with E-state index in [0.717, 1.165) is 17.7 Å². The molecule has 1 amide bonds. The van der Waals surface area contributed by atoms with Gasteiger partial charge < -0.3 is 5.32 Å². The first-order chi connectivity index (χ1) is 10.7. The molecule has 0 aromatic heterocycles. The molecule has 2 aromatic carbocycles. The third kappa shape index (κ3) is 3.83.